The number of rotatable bonds is 6. The highest BCUT2D eigenvalue weighted by Gasteiger charge is 2.41. The Morgan fingerprint density at radius 3 is 2.31 bits per heavy atom. The molecular formula is C30H42N4O. The maximum atomic E-state index is 12.6. The first kappa shape index (κ1) is 24.2. The zero-order valence-corrected chi connectivity index (χ0v) is 21.4. The highest BCUT2D eigenvalue weighted by molar-refractivity contribution is 6.05. The predicted molar refractivity (Wildman–Crippen MR) is 146 cm³/mol. The minimum Gasteiger partial charge on any atom is -0.397 e. The van der Waals surface area contributed by atoms with Crippen molar-refractivity contribution in [2.75, 3.05) is 36.0 Å². The third-order valence-electron chi connectivity index (χ3n) is 8.62. The van der Waals surface area contributed by atoms with E-state index in [9.17, 15) is 4.79 Å². The van der Waals surface area contributed by atoms with E-state index in [1.807, 2.05) is 42.5 Å². The van der Waals surface area contributed by atoms with Gasteiger partial charge in [-0.2, -0.15) is 0 Å². The Labute approximate surface area is 210 Å². The number of benzene rings is 2. The van der Waals surface area contributed by atoms with Gasteiger partial charge in [0.05, 0.1) is 11.4 Å². The second-order valence-electron chi connectivity index (χ2n) is 12.1. The lowest BCUT2D eigenvalue weighted by atomic mass is 9.59. The molecule has 2 unspecified atom stereocenters. The van der Waals surface area contributed by atoms with Gasteiger partial charge in [-0.3, -0.25) is 4.79 Å². The van der Waals surface area contributed by atoms with Crippen molar-refractivity contribution in [3.63, 3.8) is 0 Å². The van der Waals surface area contributed by atoms with Gasteiger partial charge in [-0.15, -0.1) is 0 Å². The maximum Gasteiger partial charge on any atom is 0.255 e. The molecule has 1 amide bonds. The van der Waals surface area contributed by atoms with Crippen molar-refractivity contribution in [2.24, 2.45) is 23.2 Å². The summed E-state index contributed by atoms with van der Waals surface area (Å²) >= 11 is 0. The van der Waals surface area contributed by atoms with Crippen molar-refractivity contribution in [1.82, 2.24) is 4.90 Å². The Balaban J connectivity index is 1.09. The van der Waals surface area contributed by atoms with Gasteiger partial charge in [0.1, 0.15) is 0 Å². The molecule has 5 heteroatoms. The average Bonchev–Trinajstić information content (AvgIpc) is 2.81. The molecule has 1 saturated heterocycles. The topological polar surface area (TPSA) is 70.4 Å². The molecule has 0 aromatic heterocycles. The minimum absolute atomic E-state index is 0.141. The van der Waals surface area contributed by atoms with Crippen LogP contribution in [-0.4, -0.2) is 36.5 Å². The smallest absolute Gasteiger partial charge is 0.255 e. The summed E-state index contributed by atoms with van der Waals surface area (Å²) in [6.45, 7) is 8.66. The predicted octanol–water partition coefficient (Wildman–Crippen LogP) is 6.25. The Bertz CT molecular complexity index is 993. The number of carbonyl (C=O) groups is 1. The molecule has 2 atom stereocenters. The molecule has 188 valence electrons. The number of carbonyl (C=O) groups excluding carboxylic acids is 1. The van der Waals surface area contributed by atoms with Gasteiger partial charge in [0.2, 0.25) is 0 Å². The number of anilines is 3. The molecule has 2 aromatic carbocycles. The first-order valence-corrected chi connectivity index (χ1v) is 13.6. The van der Waals surface area contributed by atoms with Crippen molar-refractivity contribution in [3.8, 4) is 0 Å². The molecule has 1 aliphatic heterocycles. The van der Waals surface area contributed by atoms with Gasteiger partial charge < -0.3 is 21.3 Å². The van der Waals surface area contributed by atoms with Crippen LogP contribution in [0.1, 0.15) is 69.2 Å². The Kier molecular flexibility index (Phi) is 7.06. The maximum absolute atomic E-state index is 12.6. The minimum atomic E-state index is -0.141. The van der Waals surface area contributed by atoms with Crippen molar-refractivity contribution in [2.45, 2.75) is 64.8 Å². The van der Waals surface area contributed by atoms with E-state index in [2.05, 4.69) is 29.4 Å². The number of likely N-dealkylation sites (tertiary alicyclic amines) is 1. The zero-order chi connectivity index (χ0) is 24.4. The van der Waals surface area contributed by atoms with E-state index < -0.39 is 0 Å². The number of nitrogen functional groups attached to an aromatic ring is 1. The number of piperidine rings is 1. The number of para-hydroxylation sites is 2. The van der Waals surface area contributed by atoms with Crippen LogP contribution in [0.5, 0.6) is 0 Å². The van der Waals surface area contributed by atoms with Gasteiger partial charge in [0.15, 0.2) is 0 Å². The molecule has 0 radical (unpaired) electrons. The third-order valence-corrected chi connectivity index (χ3v) is 8.62. The van der Waals surface area contributed by atoms with E-state index >= 15 is 0 Å². The Hall–Kier alpha value is -2.53. The van der Waals surface area contributed by atoms with Gasteiger partial charge in [-0.25, -0.2) is 0 Å². The molecule has 3 fully saturated rings. The quantitative estimate of drug-likeness (QED) is 0.433. The lowest BCUT2D eigenvalue weighted by Crippen LogP contribution is -2.47. The van der Waals surface area contributed by atoms with Crippen molar-refractivity contribution >= 4 is 23.0 Å². The highest BCUT2D eigenvalue weighted by atomic mass is 16.1. The Morgan fingerprint density at radius 1 is 1.00 bits per heavy atom. The van der Waals surface area contributed by atoms with Gasteiger partial charge in [0.25, 0.3) is 5.91 Å². The molecule has 35 heavy (non-hydrogen) atoms. The summed E-state index contributed by atoms with van der Waals surface area (Å²) in [6, 6.07) is 15.6. The third kappa shape index (κ3) is 6.00. The van der Waals surface area contributed by atoms with Gasteiger partial charge in [0, 0.05) is 36.9 Å². The van der Waals surface area contributed by atoms with Crippen molar-refractivity contribution in [1.29, 1.82) is 0 Å². The Morgan fingerprint density at radius 2 is 1.66 bits per heavy atom. The molecule has 2 saturated carbocycles. The summed E-state index contributed by atoms with van der Waals surface area (Å²) < 4.78 is 0. The summed E-state index contributed by atoms with van der Waals surface area (Å²) in [7, 11) is 0. The number of amides is 1. The number of nitrogens with one attached hydrogen (secondary N) is 2. The SMILES string of the molecule is CC1CC2CC(C1)CC(C)(CN1CCC(Nc3ccc(C(=O)Nc4ccccc4N)cc3)CC1)C2. The molecule has 5 rings (SSSR count). The van der Waals surface area contributed by atoms with Crippen LogP contribution in [0.4, 0.5) is 17.1 Å². The van der Waals surface area contributed by atoms with Crippen LogP contribution in [0.2, 0.25) is 0 Å². The van der Waals surface area contributed by atoms with Crippen LogP contribution in [0, 0.1) is 23.2 Å². The number of nitrogens with zero attached hydrogens (tertiary/aromatic N) is 1. The summed E-state index contributed by atoms with van der Waals surface area (Å²) in [6.07, 6.45) is 9.63. The van der Waals surface area contributed by atoms with Crippen molar-refractivity contribution < 1.29 is 4.79 Å². The fraction of sp³-hybridized carbons (Fsp3) is 0.567. The van der Waals surface area contributed by atoms with Crippen LogP contribution in [0.3, 0.4) is 0 Å². The first-order chi connectivity index (χ1) is 16.8. The summed E-state index contributed by atoms with van der Waals surface area (Å²) in [5.41, 5.74) is 9.38. The van der Waals surface area contributed by atoms with Gasteiger partial charge in [-0.1, -0.05) is 26.0 Å². The molecule has 0 spiro atoms. The largest absolute Gasteiger partial charge is 0.397 e. The fourth-order valence-electron chi connectivity index (χ4n) is 7.37. The molecule has 3 aliphatic rings. The summed E-state index contributed by atoms with van der Waals surface area (Å²) in [4.78, 5) is 15.3. The molecular weight excluding hydrogens is 432 g/mol. The number of hydrogen-bond acceptors (Lipinski definition) is 4. The second-order valence-corrected chi connectivity index (χ2v) is 12.1. The average molecular weight is 475 g/mol. The molecule has 2 bridgehead atoms. The molecule has 2 aliphatic carbocycles. The monoisotopic (exact) mass is 474 g/mol. The van der Waals surface area contributed by atoms with E-state index in [1.165, 1.54) is 64.6 Å². The van der Waals surface area contributed by atoms with Gasteiger partial charge >= 0.3 is 0 Å². The van der Waals surface area contributed by atoms with Crippen LogP contribution in [0.25, 0.3) is 0 Å². The fourth-order valence-corrected chi connectivity index (χ4v) is 7.37. The number of nitrogens with two attached hydrogens (primary N) is 1. The van der Waals surface area contributed by atoms with Crippen LogP contribution < -0.4 is 16.4 Å². The second kappa shape index (κ2) is 10.2. The van der Waals surface area contributed by atoms with Gasteiger partial charge in [-0.05, 0) is 105 Å². The molecule has 4 N–H and O–H groups in total. The normalized spacial score (nSPS) is 29.5. The van der Waals surface area contributed by atoms with Crippen LogP contribution in [-0.2, 0) is 0 Å². The first-order valence-electron chi connectivity index (χ1n) is 13.6. The van der Waals surface area contributed by atoms with E-state index in [1.54, 1.807) is 6.07 Å². The standard InChI is InChI=1S/C30H42N4O/c1-21-15-22-17-23(16-21)19-30(2,18-22)20-34-13-11-26(12-14-34)32-25-9-7-24(8-10-25)29(35)33-28-6-4-3-5-27(28)31/h3-10,21-23,26,32H,11-20,31H2,1-2H3,(H,33,35). The van der Waals surface area contributed by atoms with Crippen molar-refractivity contribution in [3.05, 3.63) is 54.1 Å². The van der Waals surface area contributed by atoms with E-state index in [-0.39, 0.29) is 5.91 Å². The zero-order valence-electron chi connectivity index (χ0n) is 21.4. The number of hydrogen-bond donors (Lipinski definition) is 3. The van der Waals surface area contributed by atoms with E-state index in [4.69, 9.17) is 5.73 Å². The van der Waals surface area contributed by atoms with Crippen LogP contribution >= 0.6 is 0 Å². The molecule has 2 aromatic rings. The lowest BCUT2D eigenvalue weighted by Gasteiger charge is -2.49. The lowest BCUT2D eigenvalue weighted by molar-refractivity contribution is 0.0158. The summed E-state index contributed by atoms with van der Waals surface area (Å²) in [5, 5.41) is 6.59. The van der Waals surface area contributed by atoms with Crippen LogP contribution in [0.15, 0.2) is 48.5 Å². The van der Waals surface area contributed by atoms with E-state index in [0.29, 0.717) is 28.4 Å². The number of fused-ring (bicyclic) bond motifs is 2. The molecule has 5 nitrogen and oxygen atoms in total. The van der Waals surface area contributed by atoms with E-state index in [0.717, 1.165) is 23.4 Å². The molecule has 1 heterocycles. The summed E-state index contributed by atoms with van der Waals surface area (Å²) in [5.74, 6) is 2.74. The highest BCUT2D eigenvalue weighted by Crippen LogP contribution is 2.50.